The third kappa shape index (κ3) is 4.53. The summed E-state index contributed by atoms with van der Waals surface area (Å²) in [7, 11) is -3.59. The number of halogens is 1. The van der Waals surface area contributed by atoms with E-state index >= 15 is 0 Å². The van der Waals surface area contributed by atoms with Crippen LogP contribution in [-0.4, -0.2) is 19.7 Å². The summed E-state index contributed by atoms with van der Waals surface area (Å²) in [5.74, 6) is 0.394. The number of hydrogen-bond donors (Lipinski definition) is 0. The van der Waals surface area contributed by atoms with E-state index in [0.29, 0.717) is 33.6 Å². The second kappa shape index (κ2) is 8.65. The second-order valence-electron chi connectivity index (χ2n) is 7.07. The number of ether oxygens (including phenoxy) is 1. The van der Waals surface area contributed by atoms with Gasteiger partial charge in [-0.05, 0) is 53.6 Å². The average Bonchev–Trinajstić information content (AvgIpc) is 3.31. The minimum atomic E-state index is -3.59. The fraction of sp³-hybridized carbons (Fsp3) is 0.0833. The van der Waals surface area contributed by atoms with Crippen molar-refractivity contribution in [2.45, 2.75) is 11.5 Å². The highest BCUT2D eigenvalue weighted by atomic mass is 32.2. The number of hydrogen-bond acceptors (Lipinski definition) is 6. The van der Waals surface area contributed by atoms with Gasteiger partial charge in [-0.1, -0.05) is 12.1 Å². The number of furan rings is 1. The first-order valence-corrected chi connectivity index (χ1v) is 11.4. The van der Waals surface area contributed by atoms with Crippen LogP contribution in [0.4, 0.5) is 4.39 Å². The molecule has 160 valence electrons. The number of benzene rings is 2. The van der Waals surface area contributed by atoms with Gasteiger partial charge in [-0.25, -0.2) is 12.8 Å². The molecular formula is C24H17FN2O4S. The quantitative estimate of drug-likeness (QED) is 0.412. The average molecular weight is 448 g/mol. The van der Waals surface area contributed by atoms with E-state index in [1.807, 2.05) is 6.07 Å². The lowest BCUT2D eigenvalue weighted by Gasteiger charge is -2.18. The normalized spacial score (nSPS) is 11.2. The first-order valence-electron chi connectivity index (χ1n) is 9.50. The summed E-state index contributed by atoms with van der Waals surface area (Å²) in [6.07, 6.45) is 5.60. The lowest BCUT2D eigenvalue weighted by atomic mass is 9.94. The Balaban J connectivity index is 1.99. The van der Waals surface area contributed by atoms with E-state index in [9.17, 15) is 18.1 Å². The fourth-order valence-corrected chi connectivity index (χ4v) is 3.91. The van der Waals surface area contributed by atoms with Crippen molar-refractivity contribution in [3.8, 4) is 34.1 Å². The molecule has 0 saturated carbocycles. The molecule has 0 saturated heterocycles. The zero-order chi connectivity index (χ0) is 22.7. The van der Waals surface area contributed by atoms with Gasteiger partial charge in [-0.2, -0.15) is 5.26 Å². The van der Waals surface area contributed by atoms with Gasteiger partial charge in [0.15, 0.2) is 9.84 Å². The van der Waals surface area contributed by atoms with Crippen molar-refractivity contribution in [3.05, 3.63) is 90.4 Å². The lowest BCUT2D eigenvalue weighted by Crippen LogP contribution is -2.03. The predicted octanol–water partition coefficient (Wildman–Crippen LogP) is 5.00. The number of rotatable bonds is 6. The van der Waals surface area contributed by atoms with Crippen LogP contribution in [0.5, 0.6) is 5.75 Å². The van der Waals surface area contributed by atoms with Gasteiger partial charge in [0, 0.05) is 29.8 Å². The number of sulfone groups is 1. The molecule has 2 aromatic carbocycles. The highest BCUT2D eigenvalue weighted by Gasteiger charge is 2.21. The Labute approximate surface area is 184 Å². The Kier molecular flexibility index (Phi) is 5.75. The number of pyridine rings is 1. The molecular weight excluding hydrogens is 431 g/mol. The molecule has 32 heavy (non-hydrogen) atoms. The molecule has 0 amide bonds. The van der Waals surface area contributed by atoms with Crippen molar-refractivity contribution in [1.29, 1.82) is 5.26 Å². The summed E-state index contributed by atoms with van der Waals surface area (Å²) in [5, 5.41) is 9.32. The van der Waals surface area contributed by atoms with Gasteiger partial charge in [0.1, 0.15) is 30.0 Å². The first-order chi connectivity index (χ1) is 15.3. The molecule has 2 aromatic heterocycles. The SMILES string of the molecule is CS(=O)(=O)c1cc(OCc2ccco2)c(-c2cncc(C#N)c2)c(-c2ccc(F)cc2)c1. The van der Waals surface area contributed by atoms with Crippen LogP contribution in [0.25, 0.3) is 22.3 Å². The Bertz CT molecular complexity index is 1410. The zero-order valence-electron chi connectivity index (χ0n) is 16.9. The van der Waals surface area contributed by atoms with E-state index in [-0.39, 0.29) is 17.3 Å². The molecule has 0 unspecified atom stereocenters. The van der Waals surface area contributed by atoms with E-state index in [2.05, 4.69) is 4.98 Å². The van der Waals surface area contributed by atoms with Crippen molar-refractivity contribution in [2.75, 3.05) is 6.26 Å². The van der Waals surface area contributed by atoms with Gasteiger partial charge in [0.2, 0.25) is 0 Å². The first kappa shape index (κ1) is 21.3. The summed E-state index contributed by atoms with van der Waals surface area (Å²) in [6.45, 7) is 0.0570. The van der Waals surface area contributed by atoms with Crippen LogP contribution in [0, 0.1) is 17.1 Å². The molecule has 0 aliphatic rings. The minimum Gasteiger partial charge on any atom is -0.485 e. The molecule has 0 radical (unpaired) electrons. The molecule has 0 N–H and O–H groups in total. The number of aromatic nitrogens is 1. The molecule has 4 rings (SSSR count). The van der Waals surface area contributed by atoms with Gasteiger partial charge in [0.05, 0.1) is 16.7 Å². The molecule has 0 fully saturated rings. The van der Waals surface area contributed by atoms with Gasteiger partial charge >= 0.3 is 0 Å². The van der Waals surface area contributed by atoms with Gasteiger partial charge < -0.3 is 9.15 Å². The third-order valence-corrected chi connectivity index (χ3v) is 5.86. The van der Waals surface area contributed by atoms with Crippen molar-refractivity contribution in [3.63, 3.8) is 0 Å². The smallest absolute Gasteiger partial charge is 0.175 e. The minimum absolute atomic E-state index is 0.0411. The van der Waals surface area contributed by atoms with E-state index in [4.69, 9.17) is 9.15 Å². The maximum Gasteiger partial charge on any atom is 0.175 e. The molecule has 2 heterocycles. The van der Waals surface area contributed by atoms with E-state index < -0.39 is 15.7 Å². The molecule has 6 nitrogen and oxygen atoms in total. The van der Waals surface area contributed by atoms with Crippen molar-refractivity contribution in [1.82, 2.24) is 4.98 Å². The second-order valence-corrected chi connectivity index (χ2v) is 9.08. The van der Waals surface area contributed by atoms with Crippen molar-refractivity contribution >= 4 is 9.84 Å². The van der Waals surface area contributed by atoms with Crippen molar-refractivity contribution in [2.24, 2.45) is 0 Å². The van der Waals surface area contributed by atoms with Crippen LogP contribution >= 0.6 is 0 Å². The summed E-state index contributed by atoms with van der Waals surface area (Å²) >= 11 is 0. The topological polar surface area (TPSA) is 93.2 Å². The molecule has 8 heteroatoms. The van der Waals surface area contributed by atoms with E-state index in [0.717, 1.165) is 6.26 Å². The van der Waals surface area contributed by atoms with E-state index in [1.54, 1.807) is 36.5 Å². The van der Waals surface area contributed by atoms with Crippen LogP contribution in [0.15, 0.2) is 82.6 Å². The summed E-state index contributed by atoms with van der Waals surface area (Å²) in [5.41, 5.74) is 2.49. The fourth-order valence-electron chi connectivity index (χ4n) is 3.25. The number of nitriles is 1. The monoisotopic (exact) mass is 448 g/mol. The van der Waals surface area contributed by atoms with Crippen LogP contribution in [0.3, 0.4) is 0 Å². The van der Waals surface area contributed by atoms with Crippen LogP contribution in [0.2, 0.25) is 0 Å². The molecule has 0 atom stereocenters. The standard InChI is InChI=1S/C24H17FN2O4S/c1-32(28,29)21-10-22(17-4-6-19(25)7-5-17)24(18-9-16(12-26)13-27-14-18)23(11-21)31-15-20-3-2-8-30-20/h2-11,13-14H,15H2,1H3. The van der Waals surface area contributed by atoms with Gasteiger partial charge in [0.25, 0.3) is 0 Å². The molecule has 0 aliphatic carbocycles. The van der Waals surface area contributed by atoms with E-state index in [1.165, 1.54) is 36.7 Å². The molecule has 0 bridgehead atoms. The largest absolute Gasteiger partial charge is 0.485 e. The summed E-state index contributed by atoms with van der Waals surface area (Å²) in [6, 6.07) is 15.8. The Morgan fingerprint density at radius 2 is 1.88 bits per heavy atom. The van der Waals surface area contributed by atoms with Gasteiger partial charge in [-0.3, -0.25) is 4.98 Å². The van der Waals surface area contributed by atoms with Gasteiger partial charge in [-0.15, -0.1) is 0 Å². The summed E-state index contributed by atoms with van der Waals surface area (Å²) < 4.78 is 49.7. The van der Waals surface area contributed by atoms with Crippen molar-refractivity contribution < 1.29 is 22.0 Å². The molecule has 0 spiro atoms. The molecule has 0 aliphatic heterocycles. The maximum atomic E-state index is 13.6. The van der Waals surface area contributed by atoms with Crippen LogP contribution in [-0.2, 0) is 16.4 Å². The summed E-state index contributed by atoms with van der Waals surface area (Å²) in [4.78, 5) is 4.17. The predicted molar refractivity (Wildman–Crippen MR) is 116 cm³/mol. The third-order valence-electron chi connectivity index (χ3n) is 4.77. The van der Waals surface area contributed by atoms with Crippen LogP contribution < -0.4 is 4.74 Å². The zero-order valence-corrected chi connectivity index (χ0v) is 17.8. The van der Waals surface area contributed by atoms with Crippen LogP contribution in [0.1, 0.15) is 11.3 Å². The number of nitrogens with zero attached hydrogens (tertiary/aromatic N) is 2. The highest BCUT2D eigenvalue weighted by molar-refractivity contribution is 7.90. The molecule has 4 aromatic rings. The Morgan fingerprint density at radius 3 is 2.53 bits per heavy atom. The lowest BCUT2D eigenvalue weighted by molar-refractivity contribution is 0.271. The highest BCUT2D eigenvalue weighted by Crippen LogP contribution is 2.42. The Hall–Kier alpha value is -3.96. The maximum absolute atomic E-state index is 13.6. The Morgan fingerprint density at radius 1 is 1.09 bits per heavy atom.